The van der Waals surface area contributed by atoms with E-state index in [-0.39, 0.29) is 0 Å². The molecule has 1 aliphatic rings. The zero-order valence-electron chi connectivity index (χ0n) is 14.4. The predicted molar refractivity (Wildman–Crippen MR) is 96.3 cm³/mol. The molecule has 138 valence electrons. The van der Waals surface area contributed by atoms with Crippen molar-refractivity contribution < 1.29 is 9.82 Å². The van der Waals surface area contributed by atoms with Gasteiger partial charge in [-0.15, -0.1) is 0 Å². The van der Waals surface area contributed by atoms with Crippen LogP contribution in [0.25, 0.3) is 11.0 Å². The molecule has 1 aromatic carbocycles. The lowest BCUT2D eigenvalue weighted by atomic mass is 10.3. The molecule has 0 amide bonds. The van der Waals surface area contributed by atoms with E-state index in [1.807, 2.05) is 6.92 Å². The van der Waals surface area contributed by atoms with Crippen molar-refractivity contribution in [2.45, 2.75) is 19.9 Å². The number of rotatable bonds is 5. The fourth-order valence-electron chi connectivity index (χ4n) is 2.87. The highest BCUT2D eigenvalue weighted by Gasteiger charge is 2.17. The zero-order valence-corrected chi connectivity index (χ0v) is 14.4. The van der Waals surface area contributed by atoms with E-state index >= 15 is 0 Å². The molecule has 3 rings (SSSR count). The first-order valence-corrected chi connectivity index (χ1v) is 8.43. The van der Waals surface area contributed by atoms with Gasteiger partial charge in [-0.25, -0.2) is 4.98 Å². The number of fused-ring (bicyclic) bond motifs is 1. The third-order valence-corrected chi connectivity index (χ3v) is 3.92. The van der Waals surface area contributed by atoms with Crippen LogP contribution < -0.4 is 10.2 Å². The Bertz CT molecular complexity index is 664. The Morgan fingerprint density at radius 2 is 2.04 bits per heavy atom. The molecule has 0 saturated carbocycles. The van der Waals surface area contributed by atoms with Crippen LogP contribution >= 0.6 is 0 Å². The summed E-state index contributed by atoms with van der Waals surface area (Å²) in [6.07, 6.45) is 1.16. The number of hydrogen-bond donors (Lipinski definition) is 1. The minimum Gasteiger partial charge on any atom is -0.380 e. The first-order chi connectivity index (χ1) is 12.1. The van der Waals surface area contributed by atoms with Gasteiger partial charge in [0.15, 0.2) is 0 Å². The Morgan fingerprint density at radius 1 is 1.28 bits per heavy atom. The van der Waals surface area contributed by atoms with Crippen molar-refractivity contribution in [3.05, 3.63) is 39.6 Å². The number of imidazole rings is 1. The van der Waals surface area contributed by atoms with E-state index in [1.165, 1.54) is 5.52 Å². The van der Waals surface area contributed by atoms with E-state index in [0.717, 1.165) is 63.8 Å². The molecule has 2 heterocycles. The molecule has 9 nitrogen and oxygen atoms in total. The van der Waals surface area contributed by atoms with Gasteiger partial charge < -0.3 is 34.8 Å². The van der Waals surface area contributed by atoms with Crippen molar-refractivity contribution in [1.29, 1.82) is 0 Å². The van der Waals surface area contributed by atoms with Crippen LogP contribution in [0.5, 0.6) is 0 Å². The standard InChI is InChI=1S/C16H24N4O.NO3/c1-2-21-13-12-20-15-7-4-3-6-14(15)18-16(20)19-10-5-8-17-9-11-19;2-1(3)4/h3-4,6-7,17H,2,5,8-13H2,1H3;/q;-1. The van der Waals surface area contributed by atoms with Crippen LogP contribution in [0.1, 0.15) is 13.3 Å². The van der Waals surface area contributed by atoms with Gasteiger partial charge >= 0.3 is 0 Å². The molecule has 1 aromatic heterocycles. The minimum absolute atomic E-state index is 0.732. The Morgan fingerprint density at radius 3 is 2.80 bits per heavy atom. The first-order valence-electron chi connectivity index (χ1n) is 8.43. The van der Waals surface area contributed by atoms with Crippen molar-refractivity contribution >= 4 is 17.0 Å². The highest BCUT2D eigenvalue weighted by atomic mass is 16.9. The summed E-state index contributed by atoms with van der Waals surface area (Å²) in [6.45, 7) is 8.57. The lowest BCUT2D eigenvalue weighted by molar-refractivity contribution is -0.402. The minimum atomic E-state index is -1.75. The smallest absolute Gasteiger partial charge is 0.206 e. The van der Waals surface area contributed by atoms with Crippen LogP contribution in [0.3, 0.4) is 0 Å². The second kappa shape index (κ2) is 9.80. The molecule has 0 spiro atoms. The molecular weight excluding hydrogens is 326 g/mol. The summed E-state index contributed by atoms with van der Waals surface area (Å²) in [6, 6.07) is 8.37. The maximum absolute atomic E-state index is 8.25. The molecule has 9 heteroatoms. The van der Waals surface area contributed by atoms with Gasteiger partial charge in [0.1, 0.15) is 0 Å². The number of benzene rings is 1. The van der Waals surface area contributed by atoms with Gasteiger partial charge in [0.05, 0.1) is 22.7 Å². The Balaban J connectivity index is 0.000000511. The van der Waals surface area contributed by atoms with Crippen molar-refractivity contribution in [2.75, 3.05) is 44.3 Å². The maximum atomic E-state index is 8.25. The molecule has 1 aliphatic heterocycles. The van der Waals surface area contributed by atoms with Gasteiger partial charge in [-0.3, -0.25) is 0 Å². The third kappa shape index (κ3) is 5.57. The van der Waals surface area contributed by atoms with E-state index in [2.05, 4.69) is 39.0 Å². The summed E-state index contributed by atoms with van der Waals surface area (Å²) < 4.78 is 7.85. The van der Waals surface area contributed by atoms with Gasteiger partial charge in [0, 0.05) is 32.8 Å². The highest BCUT2D eigenvalue weighted by Crippen LogP contribution is 2.23. The van der Waals surface area contributed by atoms with Crippen LogP contribution in [0.15, 0.2) is 24.3 Å². The quantitative estimate of drug-likeness (QED) is 0.496. The van der Waals surface area contributed by atoms with Crippen LogP contribution in [-0.4, -0.2) is 54.0 Å². The average molecular weight is 350 g/mol. The average Bonchev–Trinajstić information content (AvgIpc) is 2.76. The maximum Gasteiger partial charge on any atom is 0.206 e. The van der Waals surface area contributed by atoms with Gasteiger partial charge in [-0.05, 0) is 32.0 Å². The Hall–Kier alpha value is -2.39. The predicted octanol–water partition coefficient (Wildman–Crippen LogP) is 1.63. The van der Waals surface area contributed by atoms with Crippen LogP contribution in [0.4, 0.5) is 5.95 Å². The summed E-state index contributed by atoms with van der Waals surface area (Å²) in [5, 5.41) is 18.2. The van der Waals surface area contributed by atoms with Crippen molar-refractivity contribution in [3.63, 3.8) is 0 Å². The third-order valence-electron chi connectivity index (χ3n) is 3.92. The highest BCUT2D eigenvalue weighted by molar-refractivity contribution is 5.78. The molecule has 0 bridgehead atoms. The molecule has 2 aromatic rings. The molecule has 0 unspecified atom stereocenters. The molecule has 1 N–H and O–H groups in total. The van der Waals surface area contributed by atoms with E-state index in [0.29, 0.717) is 0 Å². The second-order valence-corrected chi connectivity index (χ2v) is 5.56. The molecule has 1 saturated heterocycles. The number of aromatic nitrogens is 2. The molecule has 0 aliphatic carbocycles. The van der Waals surface area contributed by atoms with Crippen LogP contribution in [0.2, 0.25) is 0 Å². The summed E-state index contributed by atoms with van der Waals surface area (Å²) in [5.74, 6) is 1.08. The van der Waals surface area contributed by atoms with E-state index in [4.69, 9.17) is 25.0 Å². The van der Waals surface area contributed by atoms with Crippen molar-refractivity contribution in [3.8, 4) is 0 Å². The monoisotopic (exact) mass is 350 g/mol. The molecular formula is C16H24N5O4-. The van der Waals surface area contributed by atoms with Crippen LogP contribution in [-0.2, 0) is 11.3 Å². The van der Waals surface area contributed by atoms with E-state index in [9.17, 15) is 0 Å². The number of nitrogens with one attached hydrogen (secondary N) is 1. The Kier molecular flexibility index (Phi) is 7.42. The van der Waals surface area contributed by atoms with Crippen molar-refractivity contribution in [2.24, 2.45) is 0 Å². The summed E-state index contributed by atoms with van der Waals surface area (Å²) in [7, 11) is 0. The van der Waals surface area contributed by atoms with Gasteiger partial charge in [-0.1, -0.05) is 12.1 Å². The fraction of sp³-hybridized carbons (Fsp3) is 0.562. The molecule has 0 radical (unpaired) electrons. The summed E-state index contributed by atoms with van der Waals surface area (Å²) in [4.78, 5) is 15.5. The molecule has 25 heavy (non-hydrogen) atoms. The lowest BCUT2D eigenvalue weighted by Gasteiger charge is -2.22. The lowest BCUT2D eigenvalue weighted by Crippen LogP contribution is -2.30. The Labute approximate surface area is 146 Å². The molecule has 0 atom stereocenters. The zero-order chi connectivity index (χ0) is 18.1. The topological polar surface area (TPSA) is 109 Å². The van der Waals surface area contributed by atoms with Crippen molar-refractivity contribution in [1.82, 2.24) is 14.9 Å². The van der Waals surface area contributed by atoms with Gasteiger partial charge in [0.25, 0.3) is 0 Å². The first kappa shape index (κ1) is 18.9. The van der Waals surface area contributed by atoms with E-state index < -0.39 is 5.09 Å². The number of ether oxygens (including phenoxy) is 1. The SMILES string of the molecule is CCOCCn1c(N2CCCNCC2)nc2ccccc21.O=[N+]([O-])[O-]. The second-order valence-electron chi connectivity index (χ2n) is 5.56. The number of nitrogens with zero attached hydrogens (tertiary/aromatic N) is 4. The fourth-order valence-corrected chi connectivity index (χ4v) is 2.87. The molecule has 1 fully saturated rings. The summed E-state index contributed by atoms with van der Waals surface area (Å²) >= 11 is 0. The van der Waals surface area contributed by atoms with Gasteiger partial charge in [0.2, 0.25) is 5.95 Å². The van der Waals surface area contributed by atoms with Crippen LogP contribution in [0, 0.1) is 15.3 Å². The number of para-hydroxylation sites is 2. The number of anilines is 1. The van der Waals surface area contributed by atoms with Gasteiger partial charge in [-0.2, -0.15) is 0 Å². The normalized spacial score (nSPS) is 14.7. The van der Waals surface area contributed by atoms with E-state index in [1.54, 1.807) is 0 Å². The number of hydrogen-bond acceptors (Lipinski definition) is 7. The largest absolute Gasteiger partial charge is 0.380 e. The summed E-state index contributed by atoms with van der Waals surface area (Å²) in [5.41, 5.74) is 2.27.